The third-order valence-electron chi connectivity index (χ3n) is 2.30. The lowest BCUT2D eigenvalue weighted by Crippen LogP contribution is -2.10. The number of carbonyl (C=O) groups excluding carboxylic acids is 2. The van der Waals surface area contributed by atoms with Crippen LogP contribution in [0.2, 0.25) is 0 Å². The fourth-order valence-corrected chi connectivity index (χ4v) is 1.81. The van der Waals surface area contributed by atoms with Crippen LogP contribution in [0.25, 0.3) is 0 Å². The number of halogens is 1. The summed E-state index contributed by atoms with van der Waals surface area (Å²) in [5.41, 5.74) is 3.23. The maximum absolute atomic E-state index is 11.6. The van der Waals surface area contributed by atoms with Crippen molar-refractivity contribution < 1.29 is 9.59 Å². The fraction of sp³-hybridized carbons (Fsp3) is 0.333. The van der Waals surface area contributed by atoms with Crippen LogP contribution in [0.1, 0.15) is 28.4 Å². The normalized spacial score (nSPS) is 10.0. The molecule has 0 radical (unpaired) electrons. The first-order valence-corrected chi connectivity index (χ1v) is 6.06. The summed E-state index contributed by atoms with van der Waals surface area (Å²) in [5.74, 6) is -0.0583. The van der Waals surface area contributed by atoms with Crippen LogP contribution < -0.4 is 5.32 Å². The largest absolute Gasteiger partial charge is 0.326 e. The van der Waals surface area contributed by atoms with E-state index in [1.165, 1.54) is 6.92 Å². The number of carbonyl (C=O) groups is 2. The summed E-state index contributed by atoms with van der Waals surface area (Å²) in [6.07, 6.45) is 0. The van der Waals surface area contributed by atoms with Gasteiger partial charge < -0.3 is 5.32 Å². The van der Waals surface area contributed by atoms with Gasteiger partial charge in [0.25, 0.3) is 0 Å². The van der Waals surface area contributed by atoms with Gasteiger partial charge in [-0.2, -0.15) is 0 Å². The first-order valence-electron chi connectivity index (χ1n) is 4.93. The number of Topliss-reactive ketones (excluding diaryl/α,β-unsaturated/α-hetero) is 1. The van der Waals surface area contributed by atoms with Gasteiger partial charge in [0.2, 0.25) is 5.91 Å². The molecule has 0 aliphatic carbocycles. The van der Waals surface area contributed by atoms with Crippen LogP contribution in [-0.2, 0) is 4.79 Å². The summed E-state index contributed by atoms with van der Waals surface area (Å²) in [7, 11) is 0. The number of amides is 1. The standard InChI is InChI=1S/C12H14BrNO2/c1-7-5-11(14-9(3)15)8(2)4-10(7)12(16)6-13/h4-5H,6H2,1-3H3,(H,14,15). The second kappa shape index (κ2) is 5.25. The number of anilines is 1. The molecular weight excluding hydrogens is 270 g/mol. The molecule has 0 atom stereocenters. The Balaban J connectivity index is 3.16. The number of rotatable bonds is 3. The van der Waals surface area contributed by atoms with E-state index in [-0.39, 0.29) is 11.7 Å². The van der Waals surface area contributed by atoms with Crippen molar-refractivity contribution in [2.45, 2.75) is 20.8 Å². The number of alkyl halides is 1. The maximum atomic E-state index is 11.6. The van der Waals surface area contributed by atoms with E-state index >= 15 is 0 Å². The lowest BCUT2D eigenvalue weighted by molar-refractivity contribution is -0.114. The molecule has 0 aliphatic heterocycles. The predicted molar refractivity (Wildman–Crippen MR) is 68.3 cm³/mol. The van der Waals surface area contributed by atoms with E-state index in [4.69, 9.17) is 0 Å². The van der Waals surface area contributed by atoms with E-state index in [1.54, 1.807) is 0 Å². The summed E-state index contributed by atoms with van der Waals surface area (Å²) >= 11 is 3.15. The van der Waals surface area contributed by atoms with Crippen molar-refractivity contribution in [3.8, 4) is 0 Å². The van der Waals surface area contributed by atoms with Gasteiger partial charge in [0.15, 0.2) is 5.78 Å². The number of aryl methyl sites for hydroxylation is 2. The predicted octanol–water partition coefficient (Wildman–Crippen LogP) is 2.84. The summed E-state index contributed by atoms with van der Waals surface area (Å²) in [6, 6.07) is 3.64. The Labute approximate surface area is 103 Å². The summed E-state index contributed by atoms with van der Waals surface area (Å²) < 4.78 is 0. The molecule has 0 saturated carbocycles. The van der Waals surface area contributed by atoms with Gasteiger partial charge in [-0.1, -0.05) is 15.9 Å². The van der Waals surface area contributed by atoms with Gasteiger partial charge in [-0.05, 0) is 37.1 Å². The minimum Gasteiger partial charge on any atom is -0.326 e. The highest BCUT2D eigenvalue weighted by molar-refractivity contribution is 9.09. The van der Waals surface area contributed by atoms with Crippen LogP contribution in [0, 0.1) is 13.8 Å². The zero-order valence-corrected chi connectivity index (χ0v) is 11.1. The van der Waals surface area contributed by atoms with E-state index in [1.807, 2.05) is 26.0 Å². The lowest BCUT2D eigenvalue weighted by atomic mass is 10.0. The van der Waals surface area contributed by atoms with Gasteiger partial charge in [-0.15, -0.1) is 0 Å². The van der Waals surface area contributed by atoms with Gasteiger partial charge >= 0.3 is 0 Å². The summed E-state index contributed by atoms with van der Waals surface area (Å²) in [6.45, 7) is 5.20. The Bertz CT molecular complexity index is 441. The Hall–Kier alpha value is -1.16. The van der Waals surface area contributed by atoms with E-state index in [0.717, 1.165) is 16.8 Å². The summed E-state index contributed by atoms with van der Waals surface area (Å²) in [4.78, 5) is 22.6. The third kappa shape index (κ3) is 2.92. The number of benzene rings is 1. The van der Waals surface area contributed by atoms with Gasteiger partial charge in [-0.25, -0.2) is 0 Å². The molecule has 1 N–H and O–H groups in total. The van der Waals surface area contributed by atoms with Gasteiger partial charge in [0.05, 0.1) is 5.33 Å². The van der Waals surface area contributed by atoms with Crippen molar-refractivity contribution in [1.29, 1.82) is 0 Å². The molecule has 1 rings (SSSR count). The highest BCUT2D eigenvalue weighted by atomic mass is 79.9. The molecule has 0 spiro atoms. The van der Waals surface area contributed by atoms with Crippen molar-refractivity contribution in [3.63, 3.8) is 0 Å². The molecule has 0 aliphatic rings. The molecule has 16 heavy (non-hydrogen) atoms. The second-order valence-electron chi connectivity index (χ2n) is 3.72. The average molecular weight is 284 g/mol. The molecule has 1 amide bonds. The molecule has 0 unspecified atom stereocenters. The Morgan fingerprint density at radius 3 is 2.38 bits per heavy atom. The highest BCUT2D eigenvalue weighted by Gasteiger charge is 2.10. The molecule has 4 heteroatoms. The Kier molecular flexibility index (Phi) is 4.24. The first kappa shape index (κ1) is 12.9. The quantitative estimate of drug-likeness (QED) is 0.685. The number of hydrogen-bond donors (Lipinski definition) is 1. The number of hydrogen-bond acceptors (Lipinski definition) is 2. The highest BCUT2D eigenvalue weighted by Crippen LogP contribution is 2.21. The molecule has 0 bridgehead atoms. The van der Waals surface area contributed by atoms with Crippen LogP contribution in [0.15, 0.2) is 12.1 Å². The maximum Gasteiger partial charge on any atom is 0.221 e. The van der Waals surface area contributed by atoms with Crippen LogP contribution in [0.4, 0.5) is 5.69 Å². The first-order chi connectivity index (χ1) is 7.45. The van der Waals surface area contributed by atoms with Crippen molar-refractivity contribution in [2.75, 3.05) is 10.6 Å². The zero-order chi connectivity index (χ0) is 12.3. The van der Waals surface area contributed by atoms with Crippen molar-refractivity contribution >= 4 is 33.3 Å². The molecule has 3 nitrogen and oxygen atoms in total. The molecule has 0 fully saturated rings. The second-order valence-corrected chi connectivity index (χ2v) is 4.28. The lowest BCUT2D eigenvalue weighted by Gasteiger charge is -2.11. The third-order valence-corrected chi connectivity index (χ3v) is 2.81. The van der Waals surface area contributed by atoms with E-state index in [0.29, 0.717) is 10.9 Å². The smallest absolute Gasteiger partial charge is 0.221 e. The summed E-state index contributed by atoms with van der Waals surface area (Å²) in [5, 5.41) is 3.05. The van der Waals surface area contributed by atoms with Crippen LogP contribution >= 0.6 is 15.9 Å². The van der Waals surface area contributed by atoms with E-state index < -0.39 is 0 Å². The van der Waals surface area contributed by atoms with Gasteiger partial charge in [0, 0.05) is 18.2 Å². The molecule has 1 aromatic carbocycles. The van der Waals surface area contributed by atoms with E-state index in [9.17, 15) is 9.59 Å². The van der Waals surface area contributed by atoms with E-state index in [2.05, 4.69) is 21.2 Å². The van der Waals surface area contributed by atoms with Gasteiger partial charge in [-0.3, -0.25) is 9.59 Å². The average Bonchev–Trinajstić information content (AvgIpc) is 2.21. The minimum atomic E-state index is -0.109. The van der Waals surface area contributed by atoms with Crippen molar-refractivity contribution in [1.82, 2.24) is 0 Å². The number of nitrogens with one attached hydrogen (secondary N) is 1. The minimum absolute atomic E-state index is 0.0509. The molecular formula is C12H14BrNO2. The topological polar surface area (TPSA) is 46.2 Å². The SMILES string of the molecule is CC(=O)Nc1cc(C)c(C(=O)CBr)cc1C. The Morgan fingerprint density at radius 1 is 1.25 bits per heavy atom. The molecule has 0 aromatic heterocycles. The Morgan fingerprint density at radius 2 is 1.88 bits per heavy atom. The number of ketones is 1. The molecule has 86 valence electrons. The molecule has 0 heterocycles. The van der Waals surface area contributed by atoms with Crippen LogP contribution in [0.3, 0.4) is 0 Å². The van der Waals surface area contributed by atoms with Crippen LogP contribution in [-0.4, -0.2) is 17.0 Å². The zero-order valence-electron chi connectivity index (χ0n) is 9.56. The monoisotopic (exact) mass is 283 g/mol. The van der Waals surface area contributed by atoms with Crippen LogP contribution in [0.5, 0.6) is 0 Å². The fourth-order valence-electron chi connectivity index (χ4n) is 1.51. The molecule has 1 aromatic rings. The molecule has 0 saturated heterocycles. The van der Waals surface area contributed by atoms with Gasteiger partial charge in [0.1, 0.15) is 0 Å². The van der Waals surface area contributed by atoms with Crippen molar-refractivity contribution in [3.05, 3.63) is 28.8 Å². The van der Waals surface area contributed by atoms with Crippen molar-refractivity contribution in [2.24, 2.45) is 0 Å².